The molecule has 0 radical (unpaired) electrons. The second kappa shape index (κ2) is 6.21. The van der Waals surface area contributed by atoms with Crippen molar-refractivity contribution < 1.29 is 24.5 Å². The number of carbonyl (C=O) groups excluding carboxylic acids is 1. The number of ether oxygens (including phenoxy) is 2. The first-order valence-corrected chi connectivity index (χ1v) is 14.4. The van der Waals surface area contributed by atoms with E-state index in [0.717, 1.165) is 38.5 Å². The Morgan fingerprint density at radius 2 is 1.63 bits per heavy atom. The van der Waals surface area contributed by atoms with Gasteiger partial charge >= 0.3 is 0 Å². The molecule has 5 unspecified atom stereocenters. The summed E-state index contributed by atoms with van der Waals surface area (Å²) in [7, 11) is 0. The van der Waals surface area contributed by atoms with Crippen molar-refractivity contribution in [3.8, 4) is 0 Å². The van der Waals surface area contributed by atoms with E-state index in [1.54, 1.807) is 0 Å². The minimum Gasteiger partial charge on any atom is -0.388 e. The predicted molar refractivity (Wildman–Crippen MR) is 131 cm³/mol. The largest absolute Gasteiger partial charge is 0.388 e. The molecule has 5 aliphatic carbocycles. The molecule has 0 aromatic heterocycles. The highest BCUT2D eigenvalue weighted by Crippen LogP contribution is 2.90. The zero-order chi connectivity index (χ0) is 25.2. The van der Waals surface area contributed by atoms with Crippen LogP contribution in [0.25, 0.3) is 0 Å². The summed E-state index contributed by atoms with van der Waals surface area (Å²) >= 11 is 0. The zero-order valence-corrected chi connectivity index (χ0v) is 22.8. The number of rotatable bonds is 1. The summed E-state index contributed by atoms with van der Waals surface area (Å²) in [5.74, 6) is 0.809. The second-order valence-electron chi connectivity index (χ2n) is 15.7. The third-order valence-corrected chi connectivity index (χ3v) is 13.9. The van der Waals surface area contributed by atoms with Gasteiger partial charge in [-0.15, -0.1) is 0 Å². The van der Waals surface area contributed by atoms with E-state index in [1.807, 2.05) is 13.8 Å². The topological polar surface area (TPSA) is 76.0 Å². The fourth-order valence-corrected chi connectivity index (χ4v) is 12.5. The van der Waals surface area contributed by atoms with E-state index >= 15 is 0 Å². The maximum Gasteiger partial charge on any atom is 0.199 e. The molecule has 2 heterocycles. The summed E-state index contributed by atoms with van der Waals surface area (Å²) in [6.07, 6.45) is 7.03. The van der Waals surface area contributed by atoms with Crippen LogP contribution < -0.4 is 0 Å². The molecular formula is C30H46O5. The van der Waals surface area contributed by atoms with Crippen molar-refractivity contribution in [1.29, 1.82) is 0 Å². The summed E-state index contributed by atoms with van der Waals surface area (Å²) in [6.45, 7) is 15.2. The molecule has 5 heteroatoms. The lowest BCUT2D eigenvalue weighted by molar-refractivity contribution is -0.282. The Hall–Kier alpha value is -0.490. The number of fused-ring (bicyclic) bond motifs is 4. The van der Waals surface area contributed by atoms with E-state index in [9.17, 15) is 15.0 Å². The monoisotopic (exact) mass is 486 g/mol. The van der Waals surface area contributed by atoms with Gasteiger partial charge in [-0.05, 0) is 92.8 Å². The number of carbonyl (C=O) groups is 1. The van der Waals surface area contributed by atoms with Crippen LogP contribution in [0.4, 0.5) is 0 Å². The molecule has 7 fully saturated rings. The van der Waals surface area contributed by atoms with Crippen LogP contribution in [0.1, 0.15) is 99.8 Å². The molecular weight excluding hydrogens is 440 g/mol. The maximum atomic E-state index is 12.9. The number of aliphatic hydroxyl groups is 2. The standard InChI is InChI=1S/C30H46O5/c1-16-14-17-22(25(4,5)33)35-30(34-17)21(16)26(6)12-13-29-15-28(29)11-10-20(31)24(2,3)18(28)8-9-19(29)27(26,7)23(30)32/h16-19,21-23,32-33H,8-15H2,1-7H3/t16?,17?,18?,19?,21?,22-,23-,26-,27-,28-,29+,30+/m1/s1. The van der Waals surface area contributed by atoms with Crippen molar-refractivity contribution >= 4 is 5.78 Å². The Morgan fingerprint density at radius 3 is 2.31 bits per heavy atom. The first-order chi connectivity index (χ1) is 16.1. The lowest BCUT2D eigenvalue weighted by atomic mass is 9.41. The SMILES string of the molecule is CC1CC2O[C@]3(O[C@H]2C(C)(C)O)C1[C@@]1(C)CC[C@@]24C[C@@]25CCC(=O)C(C)(C)C5CCC4[C@]1(C)[C@H]3O. The average Bonchev–Trinajstić information content (AvgIpc) is 3.28. The van der Waals surface area contributed by atoms with Gasteiger partial charge in [-0.3, -0.25) is 4.79 Å². The summed E-state index contributed by atoms with van der Waals surface area (Å²) in [5.41, 5.74) is -1.13. The van der Waals surface area contributed by atoms with Crippen molar-refractivity contribution in [2.24, 2.45) is 50.7 Å². The molecule has 196 valence electrons. The summed E-state index contributed by atoms with van der Waals surface area (Å²) in [6, 6.07) is 0. The first-order valence-electron chi connectivity index (χ1n) is 14.4. The molecule has 0 amide bonds. The summed E-state index contributed by atoms with van der Waals surface area (Å²) < 4.78 is 13.5. The van der Waals surface area contributed by atoms with Gasteiger partial charge in [0.05, 0.1) is 11.7 Å². The minimum absolute atomic E-state index is 0.0855. The third-order valence-electron chi connectivity index (χ3n) is 13.9. The molecule has 2 saturated heterocycles. The highest BCUT2D eigenvalue weighted by atomic mass is 16.8. The number of hydrogen-bond acceptors (Lipinski definition) is 5. The van der Waals surface area contributed by atoms with Gasteiger partial charge in [0.15, 0.2) is 5.79 Å². The van der Waals surface area contributed by atoms with Gasteiger partial charge in [0.2, 0.25) is 0 Å². The molecule has 12 atom stereocenters. The van der Waals surface area contributed by atoms with Gasteiger partial charge in [-0.25, -0.2) is 0 Å². The summed E-state index contributed by atoms with van der Waals surface area (Å²) in [4.78, 5) is 12.9. The van der Waals surface area contributed by atoms with Crippen LogP contribution in [0.5, 0.6) is 0 Å². The van der Waals surface area contributed by atoms with E-state index in [4.69, 9.17) is 9.47 Å². The molecule has 2 bridgehead atoms. The van der Waals surface area contributed by atoms with Crippen molar-refractivity contribution in [2.45, 2.75) is 130 Å². The quantitative estimate of drug-likeness (QED) is 0.553. The van der Waals surface area contributed by atoms with Crippen LogP contribution in [0, 0.1) is 50.7 Å². The molecule has 5 nitrogen and oxygen atoms in total. The van der Waals surface area contributed by atoms with E-state index in [-0.39, 0.29) is 39.1 Å². The minimum atomic E-state index is -1.03. The van der Waals surface area contributed by atoms with Gasteiger partial charge in [0.1, 0.15) is 18.0 Å². The van der Waals surface area contributed by atoms with Crippen LogP contribution in [0.3, 0.4) is 0 Å². The van der Waals surface area contributed by atoms with E-state index in [0.29, 0.717) is 23.5 Å². The third kappa shape index (κ3) is 2.25. The van der Waals surface area contributed by atoms with Crippen LogP contribution in [0.2, 0.25) is 0 Å². The molecule has 35 heavy (non-hydrogen) atoms. The highest BCUT2D eigenvalue weighted by Gasteiger charge is 2.88. The molecule has 2 aliphatic heterocycles. The lowest BCUT2D eigenvalue weighted by Crippen LogP contribution is -2.59. The van der Waals surface area contributed by atoms with Crippen molar-refractivity contribution in [3.05, 3.63) is 0 Å². The van der Waals surface area contributed by atoms with Crippen LogP contribution >= 0.6 is 0 Å². The predicted octanol–water partition coefficient (Wildman–Crippen LogP) is 4.87. The Morgan fingerprint density at radius 1 is 0.971 bits per heavy atom. The van der Waals surface area contributed by atoms with Gasteiger partial charge in [0.25, 0.3) is 0 Å². The number of aliphatic hydroxyl groups excluding tert-OH is 1. The van der Waals surface area contributed by atoms with Crippen molar-refractivity contribution in [2.75, 3.05) is 0 Å². The number of ketones is 1. The second-order valence-corrected chi connectivity index (χ2v) is 15.7. The maximum absolute atomic E-state index is 12.9. The van der Waals surface area contributed by atoms with E-state index in [2.05, 4.69) is 34.6 Å². The summed E-state index contributed by atoms with van der Waals surface area (Å²) in [5, 5.41) is 23.4. The van der Waals surface area contributed by atoms with Crippen LogP contribution in [0.15, 0.2) is 0 Å². The molecule has 0 aromatic rings. The van der Waals surface area contributed by atoms with Gasteiger partial charge < -0.3 is 19.7 Å². The lowest BCUT2D eigenvalue weighted by Gasteiger charge is -2.62. The van der Waals surface area contributed by atoms with Gasteiger partial charge in [-0.1, -0.05) is 34.6 Å². The fraction of sp³-hybridized carbons (Fsp3) is 0.967. The van der Waals surface area contributed by atoms with E-state index < -0.39 is 23.6 Å². The Bertz CT molecular complexity index is 999. The smallest absolute Gasteiger partial charge is 0.199 e. The van der Waals surface area contributed by atoms with Crippen molar-refractivity contribution in [3.63, 3.8) is 0 Å². The average molecular weight is 487 g/mol. The van der Waals surface area contributed by atoms with E-state index in [1.165, 1.54) is 12.8 Å². The molecule has 7 aliphatic rings. The zero-order valence-electron chi connectivity index (χ0n) is 22.8. The van der Waals surface area contributed by atoms with Crippen LogP contribution in [-0.2, 0) is 14.3 Å². The fourth-order valence-electron chi connectivity index (χ4n) is 12.5. The number of hydrogen-bond donors (Lipinski definition) is 2. The normalized spacial score (nSPS) is 61.9. The van der Waals surface area contributed by atoms with Crippen LogP contribution in [-0.4, -0.2) is 45.7 Å². The first kappa shape index (κ1) is 23.6. The Labute approximate surface area is 210 Å². The molecule has 0 aromatic carbocycles. The Kier molecular flexibility index (Phi) is 4.19. The highest BCUT2D eigenvalue weighted by molar-refractivity contribution is 5.86. The molecule has 7 rings (SSSR count). The Balaban J connectivity index is 1.33. The molecule has 3 spiro atoms. The van der Waals surface area contributed by atoms with Gasteiger partial charge in [-0.2, -0.15) is 0 Å². The number of Topliss-reactive ketones (excluding diaryl/α,β-unsaturated/α-hetero) is 1. The molecule has 5 saturated carbocycles. The molecule has 2 N–H and O–H groups in total. The van der Waals surface area contributed by atoms with Gasteiger partial charge in [0, 0.05) is 23.2 Å². The van der Waals surface area contributed by atoms with Crippen molar-refractivity contribution in [1.82, 2.24) is 0 Å².